The van der Waals surface area contributed by atoms with Gasteiger partial charge in [0.05, 0.1) is 23.3 Å². The predicted molar refractivity (Wildman–Crippen MR) is 95.9 cm³/mol. The summed E-state index contributed by atoms with van der Waals surface area (Å²) < 4.78 is 42.4. The van der Waals surface area contributed by atoms with Crippen molar-refractivity contribution < 1.29 is 27.6 Å². The fraction of sp³-hybridized carbons (Fsp3) is 0.235. The highest BCUT2D eigenvalue weighted by Crippen LogP contribution is 2.30. The van der Waals surface area contributed by atoms with E-state index in [1.165, 1.54) is 43.1 Å². The minimum absolute atomic E-state index is 0.0425. The molecule has 0 bridgehead atoms. The Morgan fingerprint density at radius 3 is 2.44 bits per heavy atom. The number of rotatable bonds is 7. The molecule has 0 heterocycles. The molecule has 0 aromatic heterocycles. The Hall–Kier alpha value is -2.75. The second-order valence-electron chi connectivity index (χ2n) is 5.38. The largest absolute Gasteiger partial charge is 0.490 e. The van der Waals surface area contributed by atoms with Gasteiger partial charge in [0.2, 0.25) is 5.91 Å². The zero-order chi connectivity index (χ0) is 20.0. The highest BCUT2D eigenvalue weighted by atomic mass is 32.2. The van der Waals surface area contributed by atoms with Crippen LogP contribution in [0.4, 0.5) is 24.5 Å². The Kier molecular flexibility index (Phi) is 6.67. The highest BCUT2D eigenvalue weighted by Gasteiger charge is 2.29. The van der Waals surface area contributed by atoms with E-state index >= 15 is 0 Å². The number of alkyl halides is 3. The number of methoxy groups -OCH3 is 1. The minimum atomic E-state index is -4.43. The molecule has 0 fully saturated rings. The number of nitrogens with zero attached hydrogens (tertiary/aromatic N) is 1. The molecule has 10 heteroatoms. The third-order valence-electron chi connectivity index (χ3n) is 3.44. The normalized spacial score (nSPS) is 11.1. The molecule has 27 heavy (non-hydrogen) atoms. The van der Waals surface area contributed by atoms with Gasteiger partial charge >= 0.3 is 11.9 Å². The summed E-state index contributed by atoms with van der Waals surface area (Å²) in [5.41, 5.74) is -0.0516. The van der Waals surface area contributed by atoms with Crippen molar-refractivity contribution in [1.29, 1.82) is 0 Å². The van der Waals surface area contributed by atoms with Crippen molar-refractivity contribution in [3.8, 4) is 5.75 Å². The quantitative estimate of drug-likeness (QED) is 0.547. The third-order valence-corrected chi connectivity index (χ3v) is 4.44. The van der Waals surface area contributed by atoms with Crippen LogP contribution in [0.25, 0.3) is 0 Å². The number of carbonyl (C=O) groups is 1. The molecule has 0 saturated carbocycles. The van der Waals surface area contributed by atoms with Gasteiger partial charge in [0.25, 0.3) is 0 Å². The van der Waals surface area contributed by atoms with Gasteiger partial charge in [-0.3, -0.25) is 14.9 Å². The smallest absolute Gasteiger partial charge is 0.416 e. The molecule has 6 nitrogen and oxygen atoms in total. The lowest BCUT2D eigenvalue weighted by atomic mass is 10.2. The van der Waals surface area contributed by atoms with E-state index in [1.807, 2.05) is 0 Å². The Labute approximate surface area is 156 Å². The number of nitro benzene ring substituents is 1. The van der Waals surface area contributed by atoms with Crippen molar-refractivity contribution in [2.75, 3.05) is 18.2 Å². The van der Waals surface area contributed by atoms with Gasteiger partial charge in [0, 0.05) is 17.5 Å². The minimum Gasteiger partial charge on any atom is -0.490 e. The lowest BCUT2D eigenvalue weighted by molar-refractivity contribution is -0.385. The van der Waals surface area contributed by atoms with Crippen molar-refractivity contribution >= 4 is 29.0 Å². The molecular weight excluding hydrogens is 385 g/mol. The Bertz CT molecular complexity index is 826. The molecule has 2 aromatic carbocycles. The molecule has 0 radical (unpaired) electrons. The average molecular weight is 400 g/mol. The maximum atomic E-state index is 12.5. The SMILES string of the molecule is COc1ccc(CSCC(=O)Nc2ccc(C(F)(F)F)cc2)cc1[N+](=O)[O-]. The van der Waals surface area contributed by atoms with Crippen LogP contribution in [-0.4, -0.2) is 23.7 Å². The number of nitrogens with one attached hydrogen (secondary N) is 1. The van der Waals surface area contributed by atoms with Crippen LogP contribution in [0.5, 0.6) is 5.75 Å². The van der Waals surface area contributed by atoms with E-state index in [0.29, 0.717) is 11.3 Å². The zero-order valence-electron chi connectivity index (χ0n) is 14.1. The number of thioether (sulfide) groups is 1. The molecular formula is C17H15F3N2O4S. The summed E-state index contributed by atoms with van der Waals surface area (Å²) in [6.45, 7) is 0. The standard InChI is InChI=1S/C17H15F3N2O4S/c1-26-15-7-2-11(8-14(15)22(24)25)9-27-10-16(23)21-13-5-3-12(4-6-13)17(18,19)20/h2-8H,9-10H2,1H3,(H,21,23). The molecule has 2 aromatic rings. The number of hydrogen-bond donors (Lipinski definition) is 1. The molecule has 0 aliphatic heterocycles. The Morgan fingerprint density at radius 2 is 1.89 bits per heavy atom. The number of ether oxygens (including phenoxy) is 1. The second kappa shape index (κ2) is 8.76. The van der Waals surface area contributed by atoms with E-state index in [1.54, 1.807) is 6.07 Å². The molecule has 0 aliphatic carbocycles. The van der Waals surface area contributed by atoms with E-state index in [-0.39, 0.29) is 28.8 Å². The van der Waals surface area contributed by atoms with Crippen molar-refractivity contribution in [1.82, 2.24) is 0 Å². The van der Waals surface area contributed by atoms with Crippen LogP contribution in [0.15, 0.2) is 42.5 Å². The third kappa shape index (κ3) is 5.88. The van der Waals surface area contributed by atoms with Gasteiger partial charge in [-0.1, -0.05) is 6.07 Å². The van der Waals surface area contributed by atoms with Crippen LogP contribution >= 0.6 is 11.8 Å². The van der Waals surface area contributed by atoms with Gasteiger partial charge in [-0.05, 0) is 35.9 Å². The first-order valence-electron chi connectivity index (χ1n) is 7.57. The van der Waals surface area contributed by atoms with Crippen LogP contribution in [0.3, 0.4) is 0 Å². The van der Waals surface area contributed by atoms with Crippen molar-refractivity contribution in [3.05, 3.63) is 63.7 Å². The van der Waals surface area contributed by atoms with Gasteiger partial charge in [-0.25, -0.2) is 0 Å². The first kappa shape index (κ1) is 20.6. The number of hydrogen-bond acceptors (Lipinski definition) is 5. The fourth-order valence-electron chi connectivity index (χ4n) is 2.17. The van der Waals surface area contributed by atoms with Gasteiger partial charge < -0.3 is 10.1 Å². The maximum Gasteiger partial charge on any atom is 0.416 e. The Balaban J connectivity index is 1.87. The fourth-order valence-corrected chi connectivity index (χ4v) is 2.94. The van der Waals surface area contributed by atoms with Gasteiger partial charge in [-0.2, -0.15) is 13.2 Å². The summed E-state index contributed by atoms with van der Waals surface area (Å²) in [4.78, 5) is 22.3. The van der Waals surface area contributed by atoms with Crippen LogP contribution in [0.1, 0.15) is 11.1 Å². The summed E-state index contributed by atoms with van der Waals surface area (Å²) in [5, 5.41) is 13.5. The monoisotopic (exact) mass is 400 g/mol. The number of carbonyl (C=O) groups excluding carboxylic acids is 1. The summed E-state index contributed by atoms with van der Waals surface area (Å²) in [7, 11) is 1.34. The van der Waals surface area contributed by atoms with Gasteiger partial charge in [0.15, 0.2) is 5.75 Å². The first-order valence-corrected chi connectivity index (χ1v) is 8.72. The van der Waals surface area contributed by atoms with Crippen molar-refractivity contribution in [2.24, 2.45) is 0 Å². The molecule has 0 spiro atoms. The molecule has 0 saturated heterocycles. The summed E-state index contributed by atoms with van der Waals surface area (Å²) in [6, 6.07) is 8.65. The molecule has 1 N–H and O–H groups in total. The van der Waals surface area contributed by atoms with Crippen molar-refractivity contribution in [2.45, 2.75) is 11.9 Å². The second-order valence-corrected chi connectivity index (χ2v) is 6.36. The molecule has 0 atom stereocenters. The number of benzene rings is 2. The van der Waals surface area contributed by atoms with E-state index in [2.05, 4.69) is 5.32 Å². The average Bonchev–Trinajstić information content (AvgIpc) is 2.61. The Morgan fingerprint density at radius 1 is 1.22 bits per heavy atom. The van der Waals surface area contributed by atoms with Gasteiger partial charge in [-0.15, -0.1) is 11.8 Å². The molecule has 144 valence electrons. The lowest BCUT2D eigenvalue weighted by Gasteiger charge is -2.09. The van der Waals surface area contributed by atoms with Crippen LogP contribution in [0.2, 0.25) is 0 Å². The topological polar surface area (TPSA) is 81.5 Å². The summed E-state index contributed by atoms with van der Waals surface area (Å²) in [5.74, 6) is 0.156. The zero-order valence-corrected chi connectivity index (χ0v) is 14.9. The summed E-state index contributed by atoms with van der Waals surface area (Å²) >= 11 is 1.22. The van der Waals surface area contributed by atoms with Crippen molar-refractivity contribution in [3.63, 3.8) is 0 Å². The number of anilines is 1. The summed E-state index contributed by atoms with van der Waals surface area (Å²) in [6.07, 6.45) is -4.43. The molecule has 2 rings (SSSR count). The predicted octanol–water partition coefficient (Wildman–Crippen LogP) is 4.49. The number of halogens is 3. The van der Waals surface area contributed by atoms with Crippen LogP contribution < -0.4 is 10.1 Å². The first-order chi connectivity index (χ1) is 12.7. The van der Waals surface area contributed by atoms with E-state index in [9.17, 15) is 28.1 Å². The van der Waals surface area contributed by atoms with E-state index < -0.39 is 16.7 Å². The van der Waals surface area contributed by atoms with E-state index in [0.717, 1.165) is 12.1 Å². The van der Waals surface area contributed by atoms with Crippen LogP contribution in [0, 0.1) is 10.1 Å². The lowest BCUT2D eigenvalue weighted by Crippen LogP contribution is -2.14. The molecule has 1 amide bonds. The number of amides is 1. The molecule has 0 aliphatic rings. The van der Waals surface area contributed by atoms with E-state index in [4.69, 9.17) is 4.74 Å². The maximum absolute atomic E-state index is 12.5. The molecule has 0 unspecified atom stereocenters. The number of nitro groups is 1. The van der Waals surface area contributed by atoms with Crippen LogP contribution in [-0.2, 0) is 16.7 Å². The highest BCUT2D eigenvalue weighted by molar-refractivity contribution is 7.99. The van der Waals surface area contributed by atoms with Gasteiger partial charge in [0.1, 0.15) is 0 Å².